The lowest BCUT2D eigenvalue weighted by Crippen LogP contribution is -2.37. The van der Waals surface area contributed by atoms with Crippen LogP contribution in [0.1, 0.15) is 18.2 Å². The van der Waals surface area contributed by atoms with Crippen molar-refractivity contribution in [3.05, 3.63) is 41.6 Å². The Labute approximate surface area is 165 Å². The largest absolute Gasteiger partial charge is 0.493 e. The van der Waals surface area contributed by atoms with Crippen LogP contribution in [0.25, 0.3) is 0 Å². The number of hydrogen-bond acceptors (Lipinski definition) is 6. The van der Waals surface area contributed by atoms with E-state index in [0.717, 1.165) is 17.8 Å². The van der Waals surface area contributed by atoms with Crippen LogP contribution in [0, 0.1) is 0 Å². The molecule has 8 heteroatoms. The Morgan fingerprint density at radius 2 is 1.68 bits per heavy atom. The molecule has 2 aromatic rings. The first-order valence-corrected chi connectivity index (χ1v) is 8.96. The van der Waals surface area contributed by atoms with Crippen LogP contribution in [0.15, 0.2) is 35.3 Å². The molecule has 152 valence electrons. The second-order valence-corrected chi connectivity index (χ2v) is 5.75. The summed E-state index contributed by atoms with van der Waals surface area (Å²) in [6.07, 6.45) is 0. The van der Waals surface area contributed by atoms with Crippen LogP contribution in [0.3, 0.4) is 0 Å². The molecule has 0 aliphatic rings. The topological polar surface area (TPSA) is 86.2 Å². The normalized spacial score (nSPS) is 11.0. The van der Waals surface area contributed by atoms with Crippen molar-refractivity contribution in [2.75, 3.05) is 35.0 Å². The van der Waals surface area contributed by atoms with Crippen molar-refractivity contribution in [3.63, 3.8) is 0 Å². The van der Waals surface area contributed by atoms with E-state index in [1.165, 1.54) is 0 Å². The number of benzene rings is 1. The Morgan fingerprint density at radius 3 is 2.25 bits per heavy atom. The quantitative estimate of drug-likeness (QED) is 0.504. The molecule has 0 radical (unpaired) electrons. The fourth-order valence-electron chi connectivity index (χ4n) is 2.58. The minimum atomic E-state index is 0.442. The highest BCUT2D eigenvalue weighted by molar-refractivity contribution is 5.79. The number of ether oxygens (including phenoxy) is 4. The van der Waals surface area contributed by atoms with Crippen molar-refractivity contribution < 1.29 is 18.9 Å². The maximum absolute atomic E-state index is 5.40. The number of aliphatic imine (C=N–C) groups is 1. The molecule has 0 bridgehead atoms. The first kappa shape index (κ1) is 21.1. The van der Waals surface area contributed by atoms with Crippen molar-refractivity contribution >= 4 is 5.96 Å². The van der Waals surface area contributed by atoms with Crippen molar-refractivity contribution in [1.82, 2.24) is 15.6 Å². The zero-order valence-corrected chi connectivity index (χ0v) is 17.0. The van der Waals surface area contributed by atoms with Gasteiger partial charge >= 0.3 is 0 Å². The van der Waals surface area contributed by atoms with Crippen LogP contribution in [0.4, 0.5) is 0 Å². The van der Waals surface area contributed by atoms with Gasteiger partial charge in [-0.3, -0.25) is 0 Å². The van der Waals surface area contributed by atoms with Crippen molar-refractivity contribution in [1.29, 1.82) is 0 Å². The van der Waals surface area contributed by atoms with Crippen LogP contribution >= 0.6 is 0 Å². The molecule has 28 heavy (non-hydrogen) atoms. The lowest BCUT2D eigenvalue weighted by molar-refractivity contribution is 0.324. The fourth-order valence-corrected chi connectivity index (χ4v) is 2.58. The summed E-state index contributed by atoms with van der Waals surface area (Å²) in [5, 5.41) is 6.50. The third-order valence-corrected chi connectivity index (χ3v) is 3.92. The molecule has 0 unspecified atom stereocenters. The molecule has 8 nitrogen and oxygen atoms in total. The van der Waals surface area contributed by atoms with Gasteiger partial charge < -0.3 is 29.6 Å². The number of nitrogens with zero attached hydrogens (tertiary/aromatic N) is 2. The second kappa shape index (κ2) is 10.9. The second-order valence-electron chi connectivity index (χ2n) is 5.75. The van der Waals surface area contributed by atoms with E-state index in [-0.39, 0.29) is 0 Å². The zero-order valence-electron chi connectivity index (χ0n) is 17.0. The van der Waals surface area contributed by atoms with E-state index in [2.05, 4.69) is 20.6 Å². The Hall–Kier alpha value is -3.16. The minimum absolute atomic E-state index is 0.442. The molecule has 1 aromatic heterocycles. The number of pyridine rings is 1. The van der Waals surface area contributed by atoms with Gasteiger partial charge in [0.1, 0.15) is 0 Å². The van der Waals surface area contributed by atoms with Gasteiger partial charge in [0, 0.05) is 12.6 Å². The molecule has 0 amide bonds. The van der Waals surface area contributed by atoms with Gasteiger partial charge in [0.15, 0.2) is 17.5 Å². The first-order chi connectivity index (χ1) is 13.6. The molecule has 1 heterocycles. The molecule has 1 aromatic carbocycles. The Kier molecular flexibility index (Phi) is 8.20. The highest BCUT2D eigenvalue weighted by Crippen LogP contribution is 2.38. The summed E-state index contributed by atoms with van der Waals surface area (Å²) in [5.41, 5.74) is 1.80. The van der Waals surface area contributed by atoms with Gasteiger partial charge in [0.25, 0.3) is 0 Å². The zero-order chi connectivity index (χ0) is 20.4. The van der Waals surface area contributed by atoms with Crippen LogP contribution < -0.4 is 29.6 Å². The van der Waals surface area contributed by atoms with Gasteiger partial charge in [-0.2, -0.15) is 0 Å². The number of aromatic nitrogens is 1. The standard InChI is InChI=1S/C20H28N4O4/c1-6-21-20(23-13-15-8-7-9-18(24-15)27-4)22-12-14-10-16(25-2)19(28-5)17(11-14)26-3/h7-11H,6,12-13H2,1-5H3,(H2,21,22,23). The molecule has 2 N–H and O–H groups in total. The smallest absolute Gasteiger partial charge is 0.213 e. The molecule has 0 saturated heterocycles. The summed E-state index contributed by atoms with van der Waals surface area (Å²) >= 11 is 0. The molecule has 0 aliphatic carbocycles. The maximum Gasteiger partial charge on any atom is 0.213 e. The van der Waals surface area contributed by atoms with Crippen molar-refractivity contribution in [2.45, 2.75) is 20.0 Å². The van der Waals surface area contributed by atoms with E-state index in [9.17, 15) is 0 Å². The molecule has 2 rings (SSSR count). The summed E-state index contributed by atoms with van der Waals surface area (Å²) in [7, 11) is 6.37. The lowest BCUT2D eigenvalue weighted by Gasteiger charge is -2.14. The van der Waals surface area contributed by atoms with Gasteiger partial charge in [-0.25, -0.2) is 9.98 Å². The highest BCUT2D eigenvalue weighted by Gasteiger charge is 2.13. The van der Waals surface area contributed by atoms with Crippen LogP contribution in [-0.4, -0.2) is 45.9 Å². The number of rotatable bonds is 9. The van der Waals surface area contributed by atoms with Gasteiger partial charge in [0.2, 0.25) is 11.6 Å². The van der Waals surface area contributed by atoms with E-state index in [1.54, 1.807) is 28.4 Å². The van der Waals surface area contributed by atoms with Crippen LogP contribution in [0.2, 0.25) is 0 Å². The number of hydrogen-bond donors (Lipinski definition) is 2. The summed E-state index contributed by atoms with van der Waals surface area (Å²) in [5.74, 6) is 3.03. The lowest BCUT2D eigenvalue weighted by atomic mass is 10.2. The monoisotopic (exact) mass is 388 g/mol. The molecular formula is C20H28N4O4. The molecule has 0 saturated carbocycles. The van der Waals surface area contributed by atoms with Gasteiger partial charge in [-0.15, -0.1) is 0 Å². The average Bonchev–Trinajstić information content (AvgIpc) is 2.74. The van der Waals surface area contributed by atoms with Gasteiger partial charge in [-0.05, 0) is 30.7 Å². The summed E-state index contributed by atoms with van der Waals surface area (Å²) in [4.78, 5) is 9.02. The SMILES string of the molecule is CCNC(=NCc1cc(OC)c(OC)c(OC)c1)NCc1cccc(OC)n1. The Bertz CT molecular complexity index is 771. The van der Waals surface area contributed by atoms with E-state index < -0.39 is 0 Å². The molecule has 0 atom stereocenters. The average molecular weight is 388 g/mol. The Balaban J connectivity index is 2.13. The fraction of sp³-hybridized carbons (Fsp3) is 0.400. The van der Waals surface area contributed by atoms with E-state index in [1.807, 2.05) is 37.3 Å². The summed E-state index contributed by atoms with van der Waals surface area (Å²) in [6, 6.07) is 9.42. The van der Waals surface area contributed by atoms with Crippen molar-refractivity contribution in [3.8, 4) is 23.1 Å². The van der Waals surface area contributed by atoms with Crippen LogP contribution in [0.5, 0.6) is 23.1 Å². The third kappa shape index (κ3) is 5.67. The Morgan fingerprint density at radius 1 is 0.964 bits per heavy atom. The van der Waals surface area contributed by atoms with Crippen LogP contribution in [-0.2, 0) is 13.1 Å². The van der Waals surface area contributed by atoms with Crippen molar-refractivity contribution in [2.24, 2.45) is 4.99 Å². The predicted molar refractivity (Wildman–Crippen MR) is 109 cm³/mol. The molecule has 0 fully saturated rings. The molecular weight excluding hydrogens is 360 g/mol. The van der Waals surface area contributed by atoms with E-state index in [4.69, 9.17) is 18.9 Å². The van der Waals surface area contributed by atoms with E-state index in [0.29, 0.717) is 42.2 Å². The predicted octanol–water partition coefficient (Wildman–Crippen LogP) is 2.37. The maximum atomic E-state index is 5.40. The number of methoxy groups -OCH3 is 4. The summed E-state index contributed by atoms with van der Waals surface area (Å²) < 4.78 is 21.3. The van der Waals surface area contributed by atoms with Gasteiger partial charge in [0.05, 0.1) is 47.2 Å². The third-order valence-electron chi connectivity index (χ3n) is 3.92. The minimum Gasteiger partial charge on any atom is -0.493 e. The number of guanidine groups is 1. The number of nitrogens with one attached hydrogen (secondary N) is 2. The highest BCUT2D eigenvalue weighted by atomic mass is 16.5. The summed E-state index contributed by atoms with van der Waals surface area (Å²) in [6.45, 7) is 3.73. The van der Waals surface area contributed by atoms with Gasteiger partial charge in [-0.1, -0.05) is 6.07 Å². The first-order valence-electron chi connectivity index (χ1n) is 8.96. The van der Waals surface area contributed by atoms with E-state index >= 15 is 0 Å². The molecule has 0 aliphatic heterocycles. The molecule has 0 spiro atoms.